The molecule has 0 spiro atoms. The van der Waals surface area contributed by atoms with Gasteiger partial charge in [-0.1, -0.05) is 53.2 Å². The van der Waals surface area contributed by atoms with Crippen molar-refractivity contribution in [2.75, 3.05) is 20.6 Å². The van der Waals surface area contributed by atoms with Crippen LogP contribution in [-0.2, 0) is 4.79 Å². The summed E-state index contributed by atoms with van der Waals surface area (Å²) in [5.41, 5.74) is 1.24. The smallest absolute Gasteiger partial charge is 0.137 e. The quantitative estimate of drug-likeness (QED) is 0.611. The maximum atomic E-state index is 10.7. The second-order valence-electron chi connectivity index (χ2n) is 3.92. The second kappa shape index (κ2) is 19.7. The zero-order chi connectivity index (χ0) is 15.7. The number of hydrogen-bond acceptors (Lipinski definition) is 3. The molecule has 0 radical (unpaired) electrons. The Morgan fingerprint density at radius 2 is 1.79 bits per heavy atom. The van der Waals surface area contributed by atoms with Crippen LogP contribution in [0.25, 0.3) is 0 Å². The first-order valence-corrected chi connectivity index (χ1v) is 7.66. The summed E-state index contributed by atoms with van der Waals surface area (Å²) in [5.74, 6) is 0.376. The van der Waals surface area contributed by atoms with Gasteiger partial charge < -0.3 is 15.4 Å². The molecule has 1 aliphatic heterocycles. The van der Waals surface area contributed by atoms with Gasteiger partial charge in [0.15, 0.2) is 0 Å². The molecule has 1 saturated heterocycles. The molecular formula is C16H36N2O. The number of nitrogens with one attached hydrogen (secondary N) is 2. The van der Waals surface area contributed by atoms with Crippen molar-refractivity contribution in [3.05, 3.63) is 12.2 Å². The molecule has 2 unspecified atom stereocenters. The Hall–Kier alpha value is -0.670. The van der Waals surface area contributed by atoms with E-state index in [1.807, 2.05) is 41.8 Å². The van der Waals surface area contributed by atoms with E-state index in [2.05, 4.69) is 24.1 Å². The highest BCUT2D eigenvalue weighted by atomic mass is 16.1. The molecule has 1 aliphatic rings. The Bertz CT molecular complexity index is 193. The van der Waals surface area contributed by atoms with Crippen LogP contribution in [0.1, 0.15) is 53.9 Å². The highest BCUT2D eigenvalue weighted by Gasteiger charge is 2.25. The molecule has 2 atom stereocenters. The topological polar surface area (TPSA) is 41.1 Å². The molecule has 1 rings (SSSR count). The third-order valence-corrected chi connectivity index (χ3v) is 2.53. The van der Waals surface area contributed by atoms with Gasteiger partial charge in [0.25, 0.3) is 0 Å². The fourth-order valence-electron chi connectivity index (χ4n) is 1.82. The van der Waals surface area contributed by atoms with E-state index in [0.717, 1.165) is 32.1 Å². The van der Waals surface area contributed by atoms with Crippen LogP contribution in [0.15, 0.2) is 12.2 Å². The summed E-state index contributed by atoms with van der Waals surface area (Å²) >= 11 is 0. The maximum absolute atomic E-state index is 10.7. The van der Waals surface area contributed by atoms with Crippen LogP contribution in [0.4, 0.5) is 0 Å². The normalized spacial score (nSPS) is 20.7. The lowest BCUT2D eigenvalue weighted by atomic mass is 9.84. The Labute approximate surface area is 121 Å². The van der Waals surface area contributed by atoms with Crippen molar-refractivity contribution in [3.8, 4) is 0 Å². The van der Waals surface area contributed by atoms with Crippen LogP contribution in [0, 0.1) is 5.92 Å². The molecule has 116 valence electrons. The lowest BCUT2D eigenvalue weighted by molar-refractivity contribution is -0.110. The zero-order valence-electron chi connectivity index (χ0n) is 14.2. The van der Waals surface area contributed by atoms with Gasteiger partial charge in [-0.15, -0.1) is 0 Å². The number of hydrogen-bond donors (Lipinski definition) is 2. The fourth-order valence-corrected chi connectivity index (χ4v) is 1.82. The fraction of sp³-hybridized carbons (Fsp3) is 0.812. The molecule has 0 aromatic rings. The lowest BCUT2D eigenvalue weighted by Crippen LogP contribution is -2.43. The molecule has 1 fully saturated rings. The van der Waals surface area contributed by atoms with E-state index >= 15 is 0 Å². The molecular weight excluding hydrogens is 236 g/mol. The molecule has 0 aliphatic carbocycles. The van der Waals surface area contributed by atoms with Gasteiger partial charge in [-0.3, -0.25) is 0 Å². The summed E-state index contributed by atoms with van der Waals surface area (Å²) < 4.78 is 0. The maximum Gasteiger partial charge on any atom is 0.137 e. The van der Waals surface area contributed by atoms with Gasteiger partial charge in [-0.05, 0) is 33.5 Å². The molecule has 0 amide bonds. The van der Waals surface area contributed by atoms with E-state index in [9.17, 15) is 4.79 Å². The van der Waals surface area contributed by atoms with E-state index in [1.165, 1.54) is 5.57 Å². The largest absolute Gasteiger partial charge is 0.323 e. The average molecular weight is 272 g/mol. The van der Waals surface area contributed by atoms with Crippen molar-refractivity contribution in [2.24, 2.45) is 5.92 Å². The van der Waals surface area contributed by atoms with Crippen LogP contribution in [-0.4, -0.2) is 33.0 Å². The minimum atomic E-state index is 0.0196. The molecule has 2 N–H and O–H groups in total. The second-order valence-corrected chi connectivity index (χ2v) is 3.92. The zero-order valence-corrected chi connectivity index (χ0v) is 14.2. The van der Waals surface area contributed by atoms with E-state index in [0.29, 0.717) is 5.92 Å². The first-order valence-electron chi connectivity index (χ1n) is 7.66. The van der Waals surface area contributed by atoms with Crippen molar-refractivity contribution in [1.29, 1.82) is 0 Å². The van der Waals surface area contributed by atoms with Crippen molar-refractivity contribution in [1.82, 2.24) is 10.6 Å². The lowest BCUT2D eigenvalue weighted by Gasteiger charge is -2.30. The monoisotopic (exact) mass is 272 g/mol. The summed E-state index contributed by atoms with van der Waals surface area (Å²) in [5, 5.41) is 5.96. The van der Waals surface area contributed by atoms with Crippen molar-refractivity contribution < 1.29 is 4.79 Å². The van der Waals surface area contributed by atoms with Gasteiger partial charge in [-0.2, -0.15) is 0 Å². The predicted molar refractivity (Wildman–Crippen MR) is 87.7 cm³/mol. The standard InChI is InChI=1S/C10H17NO.C2H7N.2C2H6/c1-3-4-9-8(2)5-6-11-10(9)7-12;1-3-2;2*1-2/h7,9-11H,2-6H2,1H3;3H,1-2H3;2*1-2H3. The number of piperidine rings is 1. The minimum Gasteiger partial charge on any atom is -0.323 e. The minimum absolute atomic E-state index is 0.0196. The first kappa shape index (κ1) is 23.4. The Morgan fingerprint density at radius 3 is 2.16 bits per heavy atom. The van der Waals surface area contributed by atoms with Gasteiger partial charge in [0.2, 0.25) is 0 Å². The molecule has 0 aromatic carbocycles. The molecule has 19 heavy (non-hydrogen) atoms. The molecule has 0 bridgehead atoms. The van der Waals surface area contributed by atoms with E-state index in [1.54, 1.807) is 0 Å². The first-order chi connectivity index (χ1) is 9.21. The summed E-state index contributed by atoms with van der Waals surface area (Å²) in [6.07, 6.45) is 4.24. The Kier molecular flexibility index (Phi) is 24.2. The average Bonchev–Trinajstić information content (AvgIpc) is 2.46. The van der Waals surface area contributed by atoms with Crippen LogP contribution in [0.2, 0.25) is 0 Å². The molecule has 1 heterocycles. The van der Waals surface area contributed by atoms with Gasteiger partial charge >= 0.3 is 0 Å². The van der Waals surface area contributed by atoms with E-state index in [-0.39, 0.29) is 6.04 Å². The highest BCUT2D eigenvalue weighted by molar-refractivity contribution is 5.59. The summed E-state index contributed by atoms with van der Waals surface area (Å²) in [7, 11) is 3.75. The highest BCUT2D eigenvalue weighted by Crippen LogP contribution is 2.24. The molecule has 0 saturated carbocycles. The number of carbonyl (C=O) groups excluding carboxylic acids is 1. The summed E-state index contributed by atoms with van der Waals surface area (Å²) in [4.78, 5) is 10.7. The summed E-state index contributed by atoms with van der Waals surface area (Å²) in [6, 6.07) is 0.0196. The van der Waals surface area contributed by atoms with Crippen LogP contribution in [0.3, 0.4) is 0 Å². The third-order valence-electron chi connectivity index (χ3n) is 2.53. The van der Waals surface area contributed by atoms with Crippen LogP contribution in [0.5, 0.6) is 0 Å². The Morgan fingerprint density at radius 1 is 1.32 bits per heavy atom. The SMILES string of the molecule is C=C1CCNC(C=O)C1CCC.CC.CC.CNC. The van der Waals surface area contributed by atoms with Gasteiger partial charge in [0, 0.05) is 5.92 Å². The predicted octanol–water partition coefficient (Wildman–Crippen LogP) is 3.41. The van der Waals surface area contributed by atoms with Crippen LogP contribution < -0.4 is 10.6 Å². The number of carbonyl (C=O) groups is 1. The third kappa shape index (κ3) is 12.1. The van der Waals surface area contributed by atoms with E-state index in [4.69, 9.17) is 0 Å². The van der Waals surface area contributed by atoms with Crippen molar-refractivity contribution in [3.63, 3.8) is 0 Å². The van der Waals surface area contributed by atoms with Gasteiger partial charge in [0.1, 0.15) is 6.29 Å². The molecule has 3 nitrogen and oxygen atoms in total. The molecule has 0 aromatic heterocycles. The number of rotatable bonds is 3. The molecule has 3 heteroatoms. The van der Waals surface area contributed by atoms with E-state index < -0.39 is 0 Å². The van der Waals surface area contributed by atoms with Crippen molar-refractivity contribution >= 4 is 6.29 Å². The van der Waals surface area contributed by atoms with Crippen molar-refractivity contribution in [2.45, 2.75) is 59.9 Å². The Balaban J connectivity index is -0.000000313. The van der Waals surface area contributed by atoms with Crippen LogP contribution >= 0.6 is 0 Å². The summed E-state index contributed by atoms with van der Waals surface area (Å²) in [6.45, 7) is 15.1. The van der Waals surface area contributed by atoms with Gasteiger partial charge in [0.05, 0.1) is 6.04 Å². The number of aldehydes is 1. The van der Waals surface area contributed by atoms with Gasteiger partial charge in [-0.25, -0.2) is 0 Å².